The summed E-state index contributed by atoms with van der Waals surface area (Å²) in [4.78, 5) is 4.26. The molecule has 0 unspecified atom stereocenters. The lowest BCUT2D eigenvalue weighted by molar-refractivity contribution is 0.846. The number of nitrogen functional groups attached to an aromatic ring is 1. The summed E-state index contributed by atoms with van der Waals surface area (Å²) in [6, 6.07) is 13.6. The van der Waals surface area contributed by atoms with Crippen molar-refractivity contribution in [1.29, 1.82) is 5.41 Å². The van der Waals surface area contributed by atoms with Crippen LogP contribution in [0.4, 0.5) is 0 Å². The highest BCUT2D eigenvalue weighted by atomic mass is 15.3. The summed E-state index contributed by atoms with van der Waals surface area (Å²) in [5.41, 5.74) is 8.15. The second-order valence-electron chi connectivity index (χ2n) is 4.36. The molecule has 3 N–H and O–H groups in total. The Bertz CT molecular complexity index is 728. The molecule has 98 valence electrons. The molecule has 0 fully saturated rings. The molecule has 0 amide bonds. The summed E-state index contributed by atoms with van der Waals surface area (Å²) in [6.45, 7) is 0. The minimum atomic E-state index is 0.00879. The zero-order valence-corrected chi connectivity index (χ0v) is 10.7. The van der Waals surface area contributed by atoms with Crippen molar-refractivity contribution in [3.63, 3.8) is 0 Å². The molecule has 0 atom stereocenters. The van der Waals surface area contributed by atoms with Gasteiger partial charge in [0.15, 0.2) is 5.82 Å². The van der Waals surface area contributed by atoms with Crippen LogP contribution in [0.15, 0.2) is 61.1 Å². The SMILES string of the molecule is N=C(N)c1ccc(-n2cc(-c3ccccc3)cn2)nc1. The average molecular weight is 263 g/mol. The molecule has 0 saturated carbocycles. The maximum absolute atomic E-state index is 7.34. The zero-order chi connectivity index (χ0) is 13.9. The molecule has 5 heteroatoms. The normalized spacial score (nSPS) is 10.4. The summed E-state index contributed by atoms with van der Waals surface area (Å²) in [5.74, 6) is 0.701. The van der Waals surface area contributed by atoms with Gasteiger partial charge >= 0.3 is 0 Å². The Balaban J connectivity index is 1.92. The first-order valence-electron chi connectivity index (χ1n) is 6.15. The zero-order valence-electron chi connectivity index (χ0n) is 10.7. The van der Waals surface area contributed by atoms with Crippen LogP contribution in [-0.4, -0.2) is 20.6 Å². The first-order chi connectivity index (χ1) is 9.74. The topological polar surface area (TPSA) is 80.6 Å². The van der Waals surface area contributed by atoms with Crippen LogP contribution < -0.4 is 5.73 Å². The maximum atomic E-state index is 7.34. The first-order valence-corrected chi connectivity index (χ1v) is 6.15. The smallest absolute Gasteiger partial charge is 0.153 e. The Labute approximate surface area is 116 Å². The van der Waals surface area contributed by atoms with Crippen LogP contribution in [0.25, 0.3) is 16.9 Å². The molecule has 1 aromatic carbocycles. The van der Waals surface area contributed by atoms with Crippen LogP contribution in [0.5, 0.6) is 0 Å². The number of aromatic nitrogens is 3. The third kappa shape index (κ3) is 2.29. The van der Waals surface area contributed by atoms with E-state index in [0.29, 0.717) is 11.4 Å². The van der Waals surface area contributed by atoms with Crippen molar-refractivity contribution < 1.29 is 0 Å². The van der Waals surface area contributed by atoms with Crippen molar-refractivity contribution in [2.45, 2.75) is 0 Å². The minimum Gasteiger partial charge on any atom is -0.384 e. The van der Waals surface area contributed by atoms with Gasteiger partial charge < -0.3 is 5.73 Å². The fourth-order valence-electron chi connectivity index (χ4n) is 1.91. The van der Waals surface area contributed by atoms with Gasteiger partial charge in [-0.1, -0.05) is 30.3 Å². The second-order valence-corrected chi connectivity index (χ2v) is 4.36. The number of benzene rings is 1. The van der Waals surface area contributed by atoms with E-state index in [0.717, 1.165) is 11.1 Å². The fraction of sp³-hybridized carbons (Fsp3) is 0. The number of pyridine rings is 1. The molecule has 20 heavy (non-hydrogen) atoms. The number of hydrogen-bond donors (Lipinski definition) is 2. The van der Waals surface area contributed by atoms with E-state index >= 15 is 0 Å². The quantitative estimate of drug-likeness (QED) is 0.561. The van der Waals surface area contributed by atoms with Crippen molar-refractivity contribution in [3.8, 4) is 16.9 Å². The van der Waals surface area contributed by atoms with Crippen LogP contribution in [0, 0.1) is 5.41 Å². The van der Waals surface area contributed by atoms with E-state index in [2.05, 4.69) is 10.1 Å². The van der Waals surface area contributed by atoms with E-state index in [9.17, 15) is 0 Å². The summed E-state index contributed by atoms with van der Waals surface area (Å²) in [7, 11) is 0. The van der Waals surface area contributed by atoms with E-state index in [-0.39, 0.29) is 5.84 Å². The Hall–Kier alpha value is -2.95. The lowest BCUT2D eigenvalue weighted by Crippen LogP contribution is -2.11. The highest BCUT2D eigenvalue weighted by Gasteiger charge is 2.04. The molecule has 0 aliphatic carbocycles. The van der Waals surface area contributed by atoms with Crippen LogP contribution in [0.1, 0.15) is 5.56 Å². The van der Waals surface area contributed by atoms with Gasteiger partial charge in [0, 0.05) is 23.5 Å². The molecule has 5 nitrogen and oxygen atoms in total. The number of nitrogens with zero attached hydrogens (tertiary/aromatic N) is 3. The van der Waals surface area contributed by atoms with Gasteiger partial charge in [-0.05, 0) is 17.7 Å². The molecule has 0 saturated heterocycles. The van der Waals surface area contributed by atoms with E-state index in [4.69, 9.17) is 11.1 Å². The van der Waals surface area contributed by atoms with Gasteiger partial charge in [0.25, 0.3) is 0 Å². The molecule has 3 rings (SSSR count). The third-order valence-electron chi connectivity index (χ3n) is 2.98. The van der Waals surface area contributed by atoms with Gasteiger partial charge in [0.1, 0.15) is 5.84 Å². The molecule has 0 radical (unpaired) electrons. The Morgan fingerprint density at radius 2 is 1.80 bits per heavy atom. The molecule has 3 aromatic rings. The molecule has 2 aromatic heterocycles. The number of amidine groups is 1. The van der Waals surface area contributed by atoms with Crippen LogP contribution in [0.3, 0.4) is 0 Å². The summed E-state index contributed by atoms with van der Waals surface area (Å²) >= 11 is 0. The van der Waals surface area contributed by atoms with Gasteiger partial charge in [-0.15, -0.1) is 0 Å². The molecule has 0 aliphatic rings. The molecule has 2 heterocycles. The maximum Gasteiger partial charge on any atom is 0.153 e. The van der Waals surface area contributed by atoms with Crippen molar-refractivity contribution in [2.75, 3.05) is 0 Å². The van der Waals surface area contributed by atoms with Gasteiger partial charge in [-0.3, -0.25) is 5.41 Å². The molecule has 0 aliphatic heterocycles. The number of nitrogens with two attached hydrogens (primary N) is 1. The fourth-order valence-corrected chi connectivity index (χ4v) is 1.91. The van der Waals surface area contributed by atoms with Crippen LogP contribution in [0.2, 0.25) is 0 Å². The highest BCUT2D eigenvalue weighted by Crippen LogP contribution is 2.18. The minimum absolute atomic E-state index is 0.00879. The monoisotopic (exact) mass is 263 g/mol. The number of nitrogens with one attached hydrogen (secondary N) is 1. The van der Waals surface area contributed by atoms with E-state index in [1.54, 1.807) is 29.2 Å². The molecule has 0 bridgehead atoms. The standard InChI is InChI=1S/C15H13N5/c16-15(17)12-6-7-14(18-8-12)20-10-13(9-19-20)11-4-2-1-3-5-11/h1-10H,(H3,16,17). The Morgan fingerprint density at radius 3 is 2.45 bits per heavy atom. The van der Waals surface area contributed by atoms with Crippen LogP contribution >= 0.6 is 0 Å². The van der Waals surface area contributed by atoms with Crippen LogP contribution in [-0.2, 0) is 0 Å². The van der Waals surface area contributed by atoms with E-state index < -0.39 is 0 Å². The predicted octanol–water partition coefficient (Wildman–Crippen LogP) is 2.22. The second kappa shape index (κ2) is 4.97. The molecular weight excluding hydrogens is 250 g/mol. The number of hydrogen-bond acceptors (Lipinski definition) is 3. The Morgan fingerprint density at radius 1 is 1.00 bits per heavy atom. The lowest BCUT2D eigenvalue weighted by Gasteiger charge is -2.01. The lowest BCUT2D eigenvalue weighted by atomic mass is 10.1. The number of rotatable bonds is 3. The summed E-state index contributed by atoms with van der Waals surface area (Å²) in [6.07, 6.45) is 5.29. The van der Waals surface area contributed by atoms with E-state index in [1.165, 1.54) is 0 Å². The molecule has 0 spiro atoms. The van der Waals surface area contributed by atoms with Crippen molar-refractivity contribution in [3.05, 3.63) is 66.6 Å². The molecular formula is C15H13N5. The summed E-state index contributed by atoms with van der Waals surface area (Å²) < 4.78 is 1.70. The van der Waals surface area contributed by atoms with Gasteiger partial charge in [0.05, 0.1) is 6.20 Å². The van der Waals surface area contributed by atoms with Gasteiger partial charge in [-0.2, -0.15) is 5.10 Å². The average Bonchev–Trinajstić information content (AvgIpc) is 2.98. The first kappa shape index (κ1) is 12.1. The van der Waals surface area contributed by atoms with Crippen molar-refractivity contribution in [2.24, 2.45) is 5.73 Å². The Kier molecular flexibility index (Phi) is 3.01. The third-order valence-corrected chi connectivity index (χ3v) is 2.98. The predicted molar refractivity (Wildman–Crippen MR) is 77.8 cm³/mol. The van der Waals surface area contributed by atoms with Crippen molar-refractivity contribution >= 4 is 5.84 Å². The largest absolute Gasteiger partial charge is 0.384 e. The summed E-state index contributed by atoms with van der Waals surface area (Å²) in [5, 5.41) is 11.6. The van der Waals surface area contributed by atoms with Gasteiger partial charge in [0.2, 0.25) is 0 Å². The van der Waals surface area contributed by atoms with Crippen molar-refractivity contribution in [1.82, 2.24) is 14.8 Å². The highest BCUT2D eigenvalue weighted by molar-refractivity contribution is 5.94. The van der Waals surface area contributed by atoms with Gasteiger partial charge in [-0.25, -0.2) is 9.67 Å². The van der Waals surface area contributed by atoms with E-state index in [1.807, 2.05) is 36.5 Å².